The summed E-state index contributed by atoms with van der Waals surface area (Å²) in [5, 5.41) is 21.0. The molecule has 4 rings (SSSR count). The number of nitriles is 1. The monoisotopic (exact) mass is 443 g/mol. The summed E-state index contributed by atoms with van der Waals surface area (Å²) in [6.07, 6.45) is 1.89. The highest BCUT2D eigenvalue weighted by Gasteiger charge is 2.23. The van der Waals surface area contributed by atoms with E-state index in [0.29, 0.717) is 23.6 Å². The van der Waals surface area contributed by atoms with Gasteiger partial charge in [-0.15, -0.1) is 10.2 Å². The van der Waals surface area contributed by atoms with E-state index in [-0.39, 0.29) is 11.7 Å². The quantitative estimate of drug-likeness (QED) is 0.631. The van der Waals surface area contributed by atoms with E-state index in [1.165, 1.54) is 12.1 Å². The van der Waals surface area contributed by atoms with Gasteiger partial charge in [0.2, 0.25) is 0 Å². The fourth-order valence-corrected chi connectivity index (χ4v) is 4.19. The zero-order valence-electron chi connectivity index (χ0n) is 18.8. The Hall–Kier alpha value is -3.79. The largest absolute Gasteiger partial charge is 0.355 e. The van der Waals surface area contributed by atoms with Crippen LogP contribution in [0.25, 0.3) is 11.3 Å². The molecule has 0 aliphatic carbocycles. The number of anilines is 1. The molecule has 3 aromatic rings. The van der Waals surface area contributed by atoms with Crippen molar-refractivity contribution in [1.29, 1.82) is 5.26 Å². The molecule has 2 aromatic carbocycles. The Bertz CT molecular complexity index is 1190. The summed E-state index contributed by atoms with van der Waals surface area (Å²) in [4.78, 5) is 14.7. The van der Waals surface area contributed by atoms with E-state index in [2.05, 4.69) is 26.5 Å². The minimum Gasteiger partial charge on any atom is -0.355 e. The zero-order chi connectivity index (χ0) is 23.4. The number of rotatable bonds is 5. The number of halogens is 1. The molecule has 1 fully saturated rings. The van der Waals surface area contributed by atoms with Crippen molar-refractivity contribution in [2.24, 2.45) is 5.92 Å². The highest BCUT2D eigenvalue weighted by Crippen LogP contribution is 2.30. The summed E-state index contributed by atoms with van der Waals surface area (Å²) in [6, 6.07) is 15.1. The molecule has 0 unspecified atom stereocenters. The first kappa shape index (κ1) is 22.4. The molecule has 6 nitrogen and oxygen atoms in total. The van der Waals surface area contributed by atoms with Gasteiger partial charge in [0.1, 0.15) is 5.82 Å². The number of carbonyl (C=O) groups excluding carboxylic acids is 1. The number of hydrogen-bond acceptors (Lipinski definition) is 5. The summed E-state index contributed by atoms with van der Waals surface area (Å²) in [7, 11) is 0. The minimum atomic E-state index is -0.271. The fourth-order valence-electron chi connectivity index (χ4n) is 4.19. The van der Waals surface area contributed by atoms with Crippen LogP contribution in [0.15, 0.2) is 48.5 Å². The Morgan fingerprint density at radius 2 is 1.85 bits per heavy atom. The van der Waals surface area contributed by atoms with Gasteiger partial charge in [0.05, 0.1) is 17.3 Å². The van der Waals surface area contributed by atoms with Crippen molar-refractivity contribution in [3.8, 4) is 17.3 Å². The van der Waals surface area contributed by atoms with Crippen LogP contribution in [-0.4, -0.2) is 35.7 Å². The van der Waals surface area contributed by atoms with Crippen LogP contribution in [0.2, 0.25) is 0 Å². The van der Waals surface area contributed by atoms with Gasteiger partial charge in [-0.3, -0.25) is 4.79 Å². The van der Waals surface area contributed by atoms with Crippen molar-refractivity contribution in [2.75, 3.05) is 24.5 Å². The van der Waals surface area contributed by atoms with Crippen LogP contribution in [0.5, 0.6) is 0 Å². The molecule has 1 saturated heterocycles. The number of piperidine rings is 1. The number of hydrogen-bond donors (Lipinski definition) is 1. The van der Waals surface area contributed by atoms with Crippen LogP contribution >= 0.6 is 0 Å². The van der Waals surface area contributed by atoms with Crippen molar-refractivity contribution >= 4 is 11.7 Å². The van der Waals surface area contributed by atoms with Gasteiger partial charge in [-0.05, 0) is 86.2 Å². The molecule has 7 heteroatoms. The molecule has 1 aromatic heterocycles. The summed E-state index contributed by atoms with van der Waals surface area (Å²) in [5.41, 5.74) is 4.73. The molecule has 1 amide bonds. The fraction of sp³-hybridized carbons (Fsp3) is 0.308. The second kappa shape index (κ2) is 9.78. The molecular weight excluding hydrogens is 417 g/mol. The van der Waals surface area contributed by atoms with Crippen LogP contribution in [-0.2, 0) is 0 Å². The third kappa shape index (κ3) is 5.01. The topological polar surface area (TPSA) is 81.9 Å². The van der Waals surface area contributed by atoms with Gasteiger partial charge < -0.3 is 10.2 Å². The van der Waals surface area contributed by atoms with E-state index in [0.717, 1.165) is 54.1 Å². The number of nitrogens with zero attached hydrogens (tertiary/aromatic N) is 4. The third-order valence-corrected chi connectivity index (χ3v) is 6.33. The van der Waals surface area contributed by atoms with E-state index in [4.69, 9.17) is 5.26 Å². The molecule has 1 N–H and O–H groups in total. The minimum absolute atomic E-state index is 0.150. The van der Waals surface area contributed by atoms with Crippen molar-refractivity contribution in [2.45, 2.75) is 26.7 Å². The van der Waals surface area contributed by atoms with Crippen LogP contribution in [0, 0.1) is 36.9 Å². The van der Waals surface area contributed by atoms with Crippen LogP contribution < -0.4 is 10.2 Å². The van der Waals surface area contributed by atoms with Crippen molar-refractivity contribution in [1.82, 2.24) is 15.5 Å². The van der Waals surface area contributed by atoms with Gasteiger partial charge in [0, 0.05) is 30.8 Å². The molecule has 168 valence electrons. The third-order valence-electron chi connectivity index (χ3n) is 6.33. The van der Waals surface area contributed by atoms with Crippen molar-refractivity contribution in [3.05, 3.63) is 76.6 Å². The summed E-state index contributed by atoms with van der Waals surface area (Å²) in [6.45, 7) is 6.37. The van der Waals surface area contributed by atoms with Gasteiger partial charge in [-0.2, -0.15) is 5.26 Å². The first-order valence-electron chi connectivity index (χ1n) is 11.1. The normalized spacial score (nSPS) is 14.1. The Labute approximate surface area is 193 Å². The molecule has 0 spiro atoms. The van der Waals surface area contributed by atoms with Crippen LogP contribution in [0.4, 0.5) is 10.2 Å². The van der Waals surface area contributed by atoms with E-state index >= 15 is 0 Å². The Morgan fingerprint density at radius 1 is 1.12 bits per heavy atom. The van der Waals surface area contributed by atoms with Crippen molar-refractivity contribution < 1.29 is 9.18 Å². The van der Waals surface area contributed by atoms with Gasteiger partial charge in [-0.1, -0.05) is 6.07 Å². The molecule has 2 heterocycles. The number of benzene rings is 2. The molecule has 1 aliphatic heterocycles. The molecule has 0 bridgehead atoms. The lowest BCUT2D eigenvalue weighted by atomic mass is 9.96. The van der Waals surface area contributed by atoms with Gasteiger partial charge in [0.15, 0.2) is 5.82 Å². The molecule has 0 saturated carbocycles. The van der Waals surface area contributed by atoms with E-state index < -0.39 is 0 Å². The van der Waals surface area contributed by atoms with Crippen LogP contribution in [0.3, 0.4) is 0 Å². The number of carbonyl (C=O) groups is 1. The van der Waals surface area contributed by atoms with E-state index in [1.54, 1.807) is 36.4 Å². The maximum atomic E-state index is 13.3. The van der Waals surface area contributed by atoms with E-state index in [1.807, 2.05) is 13.8 Å². The summed E-state index contributed by atoms with van der Waals surface area (Å²) in [5.74, 6) is 0.849. The standard InChI is InChI=1S/C26H26FN5O/c1-17-18(2)25(31-30-24(17)21-6-8-23(27)9-7-21)32-12-10-19(11-13-32)16-29-26(33)22-5-3-4-20(14-22)15-28/h3-9,14,19H,10-13,16H2,1-2H3,(H,29,33). The second-order valence-corrected chi connectivity index (χ2v) is 8.46. The van der Waals surface area contributed by atoms with Gasteiger partial charge in [-0.25, -0.2) is 4.39 Å². The molecule has 33 heavy (non-hydrogen) atoms. The average Bonchev–Trinajstić information content (AvgIpc) is 2.85. The maximum absolute atomic E-state index is 13.3. The van der Waals surface area contributed by atoms with Crippen LogP contribution in [0.1, 0.15) is 39.9 Å². The smallest absolute Gasteiger partial charge is 0.251 e. The zero-order valence-corrected chi connectivity index (χ0v) is 18.8. The summed E-state index contributed by atoms with van der Waals surface area (Å²) < 4.78 is 13.3. The van der Waals surface area contributed by atoms with Crippen molar-refractivity contribution in [3.63, 3.8) is 0 Å². The molecular formula is C26H26FN5O. The maximum Gasteiger partial charge on any atom is 0.251 e. The summed E-state index contributed by atoms with van der Waals surface area (Å²) >= 11 is 0. The number of nitrogens with one attached hydrogen (secondary N) is 1. The molecule has 1 aliphatic rings. The van der Waals surface area contributed by atoms with Gasteiger partial charge >= 0.3 is 0 Å². The number of aromatic nitrogens is 2. The second-order valence-electron chi connectivity index (χ2n) is 8.46. The lowest BCUT2D eigenvalue weighted by Gasteiger charge is -2.33. The SMILES string of the molecule is Cc1c(-c2ccc(F)cc2)nnc(N2CCC(CNC(=O)c3cccc(C#N)c3)CC2)c1C. The molecule has 0 radical (unpaired) electrons. The first-order valence-corrected chi connectivity index (χ1v) is 11.1. The Kier molecular flexibility index (Phi) is 6.64. The lowest BCUT2D eigenvalue weighted by molar-refractivity contribution is 0.0945. The van der Waals surface area contributed by atoms with Gasteiger partial charge in [0.25, 0.3) is 5.91 Å². The predicted octanol–water partition coefficient (Wildman–Crippen LogP) is 4.42. The number of amides is 1. The average molecular weight is 444 g/mol. The lowest BCUT2D eigenvalue weighted by Crippen LogP contribution is -2.39. The molecule has 0 atom stereocenters. The predicted molar refractivity (Wildman–Crippen MR) is 125 cm³/mol. The Morgan fingerprint density at radius 3 is 2.55 bits per heavy atom. The highest BCUT2D eigenvalue weighted by molar-refractivity contribution is 5.94. The Balaban J connectivity index is 1.36. The highest BCUT2D eigenvalue weighted by atomic mass is 19.1. The first-order chi connectivity index (χ1) is 16.0. The van der Waals surface area contributed by atoms with E-state index in [9.17, 15) is 9.18 Å².